The van der Waals surface area contributed by atoms with Crippen molar-refractivity contribution >= 4 is 0 Å². The van der Waals surface area contributed by atoms with Gasteiger partial charge in [-0.15, -0.1) is 0 Å². The van der Waals surface area contributed by atoms with E-state index in [0.717, 1.165) is 0 Å². The van der Waals surface area contributed by atoms with Gasteiger partial charge in [-0.2, -0.15) is 0 Å². The molecule has 0 aliphatic carbocycles. The van der Waals surface area contributed by atoms with E-state index in [0.29, 0.717) is 0 Å². The molecule has 0 heterocycles. The van der Waals surface area contributed by atoms with Crippen molar-refractivity contribution in [3.63, 3.8) is 0 Å². The van der Waals surface area contributed by atoms with Gasteiger partial charge in [0.05, 0.1) is 0 Å². The van der Waals surface area contributed by atoms with Gasteiger partial charge in [0.15, 0.2) is 0 Å². The minimum atomic E-state index is -4.08. The maximum absolute atomic E-state index is 8.58. The molecular weight excluding hydrogens is 368 g/mol. The van der Waals surface area contributed by atoms with Crippen molar-refractivity contribution in [1.82, 2.24) is 0 Å². The molecular formula is CdCuO6Ti2. The van der Waals surface area contributed by atoms with Gasteiger partial charge in [-0.3, -0.25) is 0 Å². The van der Waals surface area contributed by atoms with E-state index in [1.54, 1.807) is 0 Å². The topological polar surface area (TPSA) is 126 Å². The summed E-state index contributed by atoms with van der Waals surface area (Å²) in [6.07, 6.45) is 0. The van der Waals surface area contributed by atoms with Crippen LogP contribution in [0.25, 0.3) is 0 Å². The Morgan fingerprint density at radius 2 is 0.800 bits per heavy atom. The first-order valence-electron chi connectivity index (χ1n) is 1.22. The van der Waals surface area contributed by atoms with Crippen LogP contribution in [-0.4, -0.2) is 0 Å². The first-order chi connectivity index (χ1) is 3.46. The summed E-state index contributed by atoms with van der Waals surface area (Å²) in [6.45, 7) is 0. The van der Waals surface area contributed by atoms with Crippen LogP contribution in [0.1, 0.15) is 0 Å². The molecule has 0 aliphatic rings. The monoisotopic (exact) mass is 369 g/mol. The molecule has 0 spiro atoms. The Morgan fingerprint density at radius 1 is 0.800 bits per heavy atom. The van der Waals surface area contributed by atoms with E-state index in [1.165, 1.54) is 0 Å². The molecule has 1 radical (unpaired) electrons. The van der Waals surface area contributed by atoms with Crippen LogP contribution < -0.4 is 14.8 Å². The van der Waals surface area contributed by atoms with Crippen LogP contribution in [-0.2, 0) is 88.2 Å². The van der Waals surface area contributed by atoms with Crippen molar-refractivity contribution in [1.29, 1.82) is 0 Å². The van der Waals surface area contributed by atoms with Crippen molar-refractivity contribution in [2.75, 3.05) is 0 Å². The van der Waals surface area contributed by atoms with Crippen LogP contribution in [0.4, 0.5) is 0 Å². The summed E-state index contributed by atoms with van der Waals surface area (Å²) in [5, 5.41) is 0. The summed E-state index contributed by atoms with van der Waals surface area (Å²) in [5.41, 5.74) is 0. The van der Waals surface area contributed by atoms with Crippen LogP contribution >= 0.6 is 0 Å². The van der Waals surface area contributed by atoms with Crippen LogP contribution in [0.5, 0.6) is 0 Å². The average molecular weight is 368 g/mol. The second-order valence-electron chi connectivity index (χ2n) is 0.500. The molecule has 57 valence electrons. The van der Waals surface area contributed by atoms with Crippen molar-refractivity contribution < 1.29 is 103 Å². The number of hydrogen-bond donors (Lipinski definition) is 0. The van der Waals surface area contributed by atoms with Crippen LogP contribution in [0, 0.1) is 0 Å². The molecule has 0 rings (SSSR count). The van der Waals surface area contributed by atoms with Crippen molar-refractivity contribution in [2.24, 2.45) is 0 Å². The van der Waals surface area contributed by atoms with Gasteiger partial charge in [0.25, 0.3) is 0 Å². The third kappa shape index (κ3) is 167. The van der Waals surface area contributed by atoms with E-state index in [2.05, 4.69) is 0 Å². The molecule has 10 heteroatoms. The van der Waals surface area contributed by atoms with Gasteiger partial charge in [0.1, 0.15) is 0 Å². The summed E-state index contributed by atoms with van der Waals surface area (Å²) in [5.74, 6) is 0. The van der Waals surface area contributed by atoms with Gasteiger partial charge in [0.2, 0.25) is 0 Å². The molecule has 0 unspecified atom stereocenters. The molecule has 0 atom stereocenters. The summed E-state index contributed by atoms with van der Waals surface area (Å²) in [7, 11) is 0. The first-order valence-corrected chi connectivity index (χ1v) is 5.05. The van der Waals surface area contributed by atoms with Gasteiger partial charge in [0, 0.05) is 0 Å². The SMILES string of the molecule is [Cd+2].[Cu+2].[O]=[Ti]([O-])[O-].[O]=[Ti]([O-])[O-]. The van der Waals surface area contributed by atoms with Crippen LogP contribution in [0.2, 0.25) is 0 Å². The Labute approximate surface area is 101 Å². The second-order valence-corrected chi connectivity index (χ2v) is 2.06. The summed E-state index contributed by atoms with van der Waals surface area (Å²) in [6, 6.07) is 0. The molecule has 10 heavy (non-hydrogen) atoms. The van der Waals surface area contributed by atoms with Gasteiger partial charge in [-0.05, 0) is 0 Å². The zero-order chi connectivity index (χ0) is 7.15. The molecule has 6 nitrogen and oxygen atoms in total. The summed E-state index contributed by atoms with van der Waals surface area (Å²) < 4.78 is 51.5. The van der Waals surface area contributed by atoms with E-state index < -0.39 is 37.2 Å². The van der Waals surface area contributed by atoms with Crippen LogP contribution in [0.15, 0.2) is 0 Å². The molecule has 0 aromatic rings. The van der Waals surface area contributed by atoms with E-state index in [1.807, 2.05) is 0 Å². The third-order valence-corrected chi connectivity index (χ3v) is 0. The van der Waals surface area contributed by atoms with Gasteiger partial charge in [-0.1, -0.05) is 0 Å². The van der Waals surface area contributed by atoms with Gasteiger partial charge in [-0.25, -0.2) is 0 Å². The quantitative estimate of drug-likeness (QED) is 0.395. The molecule has 0 aromatic heterocycles. The van der Waals surface area contributed by atoms with E-state index in [4.69, 9.17) is 21.4 Å². The zero-order valence-electron chi connectivity index (χ0n) is 4.46. The van der Waals surface area contributed by atoms with Gasteiger partial charge < -0.3 is 0 Å². The van der Waals surface area contributed by atoms with Crippen molar-refractivity contribution in [3.8, 4) is 0 Å². The molecule has 0 aromatic carbocycles. The molecule has 0 N–H and O–H groups in total. The van der Waals surface area contributed by atoms with E-state index in [9.17, 15) is 0 Å². The van der Waals surface area contributed by atoms with Crippen molar-refractivity contribution in [3.05, 3.63) is 0 Å². The maximum atomic E-state index is 8.58. The predicted molar refractivity (Wildman–Crippen MR) is 1.37 cm³/mol. The predicted octanol–water partition coefficient (Wildman–Crippen LogP) is -5.00. The fourth-order valence-corrected chi connectivity index (χ4v) is 0. The van der Waals surface area contributed by atoms with E-state index >= 15 is 0 Å². The fourth-order valence-electron chi connectivity index (χ4n) is 0. The first kappa shape index (κ1) is 22.8. The molecule has 0 saturated carbocycles. The van der Waals surface area contributed by atoms with Crippen LogP contribution in [0.3, 0.4) is 0 Å². The molecule has 0 bridgehead atoms. The molecule has 0 amide bonds. The Morgan fingerprint density at radius 3 is 0.800 bits per heavy atom. The standard InChI is InChI=1S/Cd.Cu.6O.2Ti/q2*+2;;;4*-1;;. The zero-order valence-corrected chi connectivity index (χ0v) is 12.6. The minimum absolute atomic E-state index is 0. The molecule has 0 saturated heterocycles. The van der Waals surface area contributed by atoms with Gasteiger partial charge >= 0.3 is 103 Å². The fraction of sp³-hybridized carbons (Fsp3) is 0. The normalized spacial score (nSPS) is 5.20. The third-order valence-electron chi connectivity index (χ3n) is 0. The van der Waals surface area contributed by atoms with Crippen molar-refractivity contribution in [2.45, 2.75) is 0 Å². The molecule has 0 fully saturated rings. The van der Waals surface area contributed by atoms with E-state index in [-0.39, 0.29) is 44.4 Å². The Balaban J connectivity index is -0.0000000300. The Kier molecular flexibility index (Phi) is 39.7. The molecule has 0 aliphatic heterocycles. The number of rotatable bonds is 0. The Bertz CT molecular complexity index is 73.7. The average Bonchev–Trinajstić information content (AvgIpc) is 1.25. The summed E-state index contributed by atoms with van der Waals surface area (Å²) in [4.78, 5) is 0. The number of hydrogen-bond acceptors (Lipinski definition) is 6. The second kappa shape index (κ2) is 17.4. The Hall–Kier alpha value is 2.31. The summed E-state index contributed by atoms with van der Waals surface area (Å²) >= 11 is -8.17.